The van der Waals surface area contributed by atoms with Crippen LogP contribution in [0.25, 0.3) is 0 Å². The van der Waals surface area contributed by atoms with Crippen molar-refractivity contribution in [3.63, 3.8) is 0 Å². The van der Waals surface area contributed by atoms with Gasteiger partial charge in [0.1, 0.15) is 4.90 Å². The Balaban J connectivity index is 2.67. The van der Waals surface area contributed by atoms with E-state index in [2.05, 4.69) is 0 Å². The van der Waals surface area contributed by atoms with E-state index in [1.54, 1.807) is 19.1 Å². The number of methoxy groups -OCH3 is 3. The molecule has 0 N–H and O–H groups in total. The summed E-state index contributed by atoms with van der Waals surface area (Å²) in [6.45, 7) is 3.55. The predicted octanol–water partition coefficient (Wildman–Crippen LogP) is 3.84. The third-order valence-corrected chi connectivity index (χ3v) is 5.44. The molecule has 0 aliphatic heterocycles. The third-order valence-electron chi connectivity index (χ3n) is 3.93. The minimum Gasteiger partial charge on any atom is -0.492 e. The molecule has 0 spiro atoms. The van der Waals surface area contributed by atoms with Crippen LogP contribution in [0.2, 0.25) is 0 Å². The molecule has 0 fully saturated rings. The van der Waals surface area contributed by atoms with Crippen LogP contribution in [0.4, 0.5) is 0 Å². The number of aryl methyl sites for hydroxylation is 1. The quantitative estimate of drug-likeness (QED) is 0.519. The number of hydrogen-bond acceptors (Lipinski definition) is 6. The smallest absolute Gasteiger partial charge is 0.339 e. The Hall–Kier alpha value is -2.12. The molecule has 0 heterocycles. The van der Waals surface area contributed by atoms with Crippen molar-refractivity contribution in [2.24, 2.45) is 0 Å². The molecular weight excluding hydrogens is 380 g/mol. The van der Waals surface area contributed by atoms with E-state index in [1.807, 2.05) is 6.92 Å². The molecule has 0 unspecified atom stereocenters. The minimum absolute atomic E-state index is 0.0152. The first kappa shape index (κ1) is 20.2. The molecular formula is C18H21ClO6S. The van der Waals surface area contributed by atoms with Crippen LogP contribution in [-0.2, 0) is 16.0 Å². The highest BCUT2D eigenvalue weighted by molar-refractivity contribution is 7.87. The van der Waals surface area contributed by atoms with Gasteiger partial charge in [-0.3, -0.25) is 0 Å². The van der Waals surface area contributed by atoms with Crippen LogP contribution in [0.5, 0.6) is 23.0 Å². The molecule has 0 aromatic heterocycles. The Kier molecular flexibility index (Phi) is 6.26. The number of rotatable bonds is 7. The van der Waals surface area contributed by atoms with E-state index in [-0.39, 0.29) is 28.0 Å². The molecule has 0 radical (unpaired) electrons. The summed E-state index contributed by atoms with van der Waals surface area (Å²) in [7, 11) is 0.208. The van der Waals surface area contributed by atoms with Crippen LogP contribution < -0.4 is 18.4 Å². The fourth-order valence-corrected chi connectivity index (χ4v) is 3.84. The van der Waals surface area contributed by atoms with Crippen LogP contribution in [0, 0.1) is 13.8 Å². The number of ether oxygens (including phenoxy) is 3. The zero-order valence-electron chi connectivity index (χ0n) is 15.3. The number of alkyl halides is 1. The van der Waals surface area contributed by atoms with Gasteiger partial charge in [0.25, 0.3) is 0 Å². The number of halogens is 1. The molecule has 2 aromatic rings. The molecule has 0 saturated carbocycles. The van der Waals surface area contributed by atoms with Gasteiger partial charge in [0.05, 0.1) is 27.2 Å². The lowest BCUT2D eigenvalue weighted by Crippen LogP contribution is -2.13. The Morgan fingerprint density at radius 2 is 1.35 bits per heavy atom. The van der Waals surface area contributed by atoms with Gasteiger partial charge in [0.15, 0.2) is 11.5 Å². The molecule has 0 amide bonds. The van der Waals surface area contributed by atoms with E-state index in [4.69, 9.17) is 30.0 Å². The van der Waals surface area contributed by atoms with Gasteiger partial charge in [-0.2, -0.15) is 8.42 Å². The molecule has 0 aliphatic carbocycles. The zero-order chi connectivity index (χ0) is 19.5. The Bertz CT molecular complexity index is 891. The highest BCUT2D eigenvalue weighted by atomic mass is 35.5. The average molecular weight is 401 g/mol. The van der Waals surface area contributed by atoms with Crippen molar-refractivity contribution in [1.29, 1.82) is 0 Å². The Morgan fingerprint density at radius 1 is 0.846 bits per heavy atom. The number of hydrogen-bond donors (Lipinski definition) is 0. The van der Waals surface area contributed by atoms with Crippen molar-refractivity contribution in [2.45, 2.75) is 24.6 Å². The first-order chi connectivity index (χ1) is 12.3. The second kappa shape index (κ2) is 8.05. The summed E-state index contributed by atoms with van der Waals surface area (Å²) in [4.78, 5) is 0.0340. The Labute approximate surface area is 158 Å². The van der Waals surface area contributed by atoms with E-state index < -0.39 is 10.1 Å². The van der Waals surface area contributed by atoms with Crippen LogP contribution in [0.1, 0.15) is 16.7 Å². The first-order valence-electron chi connectivity index (χ1n) is 7.69. The molecule has 2 aromatic carbocycles. The lowest BCUT2D eigenvalue weighted by Gasteiger charge is -2.21. The van der Waals surface area contributed by atoms with Gasteiger partial charge in [0.2, 0.25) is 11.5 Å². The topological polar surface area (TPSA) is 71.1 Å². The maximum Gasteiger partial charge on any atom is 0.339 e. The minimum atomic E-state index is -4.07. The molecule has 2 rings (SSSR count). The largest absolute Gasteiger partial charge is 0.492 e. The van der Waals surface area contributed by atoms with Gasteiger partial charge in [-0.25, -0.2) is 0 Å². The van der Waals surface area contributed by atoms with Crippen LogP contribution in [0.3, 0.4) is 0 Å². The highest BCUT2D eigenvalue weighted by Gasteiger charge is 2.29. The molecule has 26 heavy (non-hydrogen) atoms. The van der Waals surface area contributed by atoms with Gasteiger partial charge in [0, 0.05) is 11.1 Å². The zero-order valence-corrected chi connectivity index (χ0v) is 16.8. The summed E-state index contributed by atoms with van der Waals surface area (Å²) >= 11 is 6.04. The molecule has 142 valence electrons. The van der Waals surface area contributed by atoms with E-state index in [1.165, 1.54) is 33.5 Å². The summed E-state index contributed by atoms with van der Waals surface area (Å²) < 4.78 is 46.9. The lowest BCUT2D eigenvalue weighted by molar-refractivity contribution is 0.314. The maximum atomic E-state index is 12.7. The highest BCUT2D eigenvalue weighted by Crippen LogP contribution is 2.50. The number of benzene rings is 2. The Morgan fingerprint density at radius 3 is 1.81 bits per heavy atom. The molecule has 8 heteroatoms. The fraction of sp³-hybridized carbons (Fsp3) is 0.333. The van der Waals surface area contributed by atoms with Crippen molar-refractivity contribution < 1.29 is 26.8 Å². The van der Waals surface area contributed by atoms with Crippen molar-refractivity contribution in [3.05, 3.63) is 41.0 Å². The van der Waals surface area contributed by atoms with Crippen molar-refractivity contribution in [1.82, 2.24) is 0 Å². The normalized spacial score (nSPS) is 11.2. The second-order valence-electron chi connectivity index (χ2n) is 5.52. The summed E-state index contributed by atoms with van der Waals surface area (Å²) in [5, 5.41) is 0. The van der Waals surface area contributed by atoms with Gasteiger partial charge < -0.3 is 18.4 Å². The molecule has 6 nitrogen and oxygen atoms in total. The van der Waals surface area contributed by atoms with E-state index in [0.29, 0.717) is 16.9 Å². The average Bonchev–Trinajstić information content (AvgIpc) is 2.62. The fourth-order valence-electron chi connectivity index (χ4n) is 2.53. The van der Waals surface area contributed by atoms with Crippen LogP contribution in [0.15, 0.2) is 29.2 Å². The molecule has 0 saturated heterocycles. The SMILES string of the molecule is COc1c(CCl)c(C)c(OS(=O)(=O)c2ccc(C)cc2)c(OC)c1OC. The van der Waals surface area contributed by atoms with Gasteiger partial charge in [-0.1, -0.05) is 17.7 Å². The van der Waals surface area contributed by atoms with Gasteiger partial charge >= 0.3 is 10.1 Å². The summed E-state index contributed by atoms with van der Waals surface area (Å²) in [5.74, 6) is 0.797. The van der Waals surface area contributed by atoms with E-state index in [9.17, 15) is 8.42 Å². The summed E-state index contributed by atoms with van der Waals surface area (Å²) in [5.41, 5.74) is 1.99. The van der Waals surface area contributed by atoms with E-state index >= 15 is 0 Å². The van der Waals surface area contributed by atoms with E-state index in [0.717, 1.165) is 5.56 Å². The van der Waals surface area contributed by atoms with Crippen molar-refractivity contribution in [2.75, 3.05) is 21.3 Å². The van der Waals surface area contributed by atoms with Crippen molar-refractivity contribution >= 4 is 21.7 Å². The van der Waals surface area contributed by atoms with Crippen LogP contribution in [-0.4, -0.2) is 29.7 Å². The van der Waals surface area contributed by atoms with Crippen LogP contribution >= 0.6 is 11.6 Å². The summed E-state index contributed by atoms with van der Waals surface area (Å²) in [6.07, 6.45) is 0. The predicted molar refractivity (Wildman–Crippen MR) is 99.4 cm³/mol. The molecule has 0 aliphatic rings. The van der Waals surface area contributed by atoms with Gasteiger partial charge in [-0.05, 0) is 26.0 Å². The maximum absolute atomic E-state index is 12.7. The second-order valence-corrected chi connectivity index (χ2v) is 7.33. The van der Waals surface area contributed by atoms with Crippen molar-refractivity contribution in [3.8, 4) is 23.0 Å². The van der Waals surface area contributed by atoms with Gasteiger partial charge in [-0.15, -0.1) is 11.6 Å². The molecule has 0 atom stereocenters. The lowest BCUT2D eigenvalue weighted by atomic mass is 10.1. The summed E-state index contributed by atoms with van der Waals surface area (Å²) in [6, 6.07) is 6.35. The third kappa shape index (κ3) is 3.68. The first-order valence-corrected chi connectivity index (χ1v) is 9.63. The monoisotopic (exact) mass is 400 g/mol. The standard InChI is InChI=1S/C18H21ClO6S/c1-11-6-8-13(9-7-11)26(20,21)25-15-12(2)14(10-19)16(22-3)18(24-5)17(15)23-4/h6-9H,10H2,1-5H3. The molecule has 0 bridgehead atoms.